The highest BCUT2D eigenvalue weighted by Gasteiger charge is 2.26. The van der Waals surface area contributed by atoms with Crippen molar-refractivity contribution < 1.29 is 0 Å². The number of aromatic nitrogens is 3. The molecule has 3 aromatic heterocycles. The molecule has 9 rings (SSSR count). The summed E-state index contributed by atoms with van der Waals surface area (Å²) in [4.78, 5) is 10.4. The second-order valence-corrected chi connectivity index (χ2v) is 10.2. The molecule has 5 aromatic carbocycles. The Kier molecular flexibility index (Phi) is 3.84. The molecule has 1 aliphatic carbocycles. The first-order valence-corrected chi connectivity index (χ1v) is 13.1. The van der Waals surface area contributed by atoms with Gasteiger partial charge in [-0.3, -0.25) is 0 Å². The average Bonchev–Trinajstić information content (AvgIpc) is 3.63. The van der Waals surface area contributed by atoms with Crippen LogP contribution in [0.5, 0.6) is 0 Å². The summed E-state index contributed by atoms with van der Waals surface area (Å²) in [5.41, 5.74) is 11.7. The molecule has 0 spiro atoms. The Balaban J connectivity index is 1.34. The Hall–Kier alpha value is -5.02. The van der Waals surface area contributed by atoms with Crippen LogP contribution in [0.2, 0.25) is 0 Å². The molecule has 0 amide bonds. The highest BCUT2D eigenvalue weighted by atomic mass is 14.9. The normalized spacial score (nSPS) is 12.6. The fourth-order valence-corrected chi connectivity index (χ4v) is 6.52. The van der Waals surface area contributed by atoms with E-state index in [9.17, 15) is 0 Å². The summed E-state index contributed by atoms with van der Waals surface area (Å²) >= 11 is 0. The minimum Gasteiger partial charge on any atom is -0.308 e. The topological polar surface area (TPSA) is 30.2 Å². The van der Waals surface area contributed by atoms with Gasteiger partial charge in [0.2, 0.25) is 0 Å². The van der Waals surface area contributed by atoms with Crippen LogP contribution in [0.15, 0.2) is 115 Å². The largest absolute Gasteiger partial charge is 0.308 e. The Labute approximate surface area is 219 Å². The third kappa shape index (κ3) is 2.58. The van der Waals surface area contributed by atoms with Crippen molar-refractivity contribution in [2.24, 2.45) is 0 Å². The lowest BCUT2D eigenvalue weighted by Gasteiger charge is -2.12. The lowest BCUT2D eigenvalue weighted by Crippen LogP contribution is -1.99. The average molecular weight is 484 g/mol. The fourth-order valence-electron chi connectivity index (χ4n) is 6.52. The maximum absolute atomic E-state index is 5.24. The van der Waals surface area contributed by atoms with Gasteiger partial charge in [0.05, 0.1) is 27.9 Å². The molecule has 0 atom stereocenters. The second kappa shape index (κ2) is 7.27. The Morgan fingerprint density at radius 3 is 2.18 bits per heavy atom. The van der Waals surface area contributed by atoms with Gasteiger partial charge in [-0.2, -0.15) is 0 Å². The van der Waals surface area contributed by atoms with Gasteiger partial charge in [-0.05, 0) is 23.3 Å². The fraction of sp³-hybridized carbons (Fsp3) is 0.0286. The van der Waals surface area contributed by atoms with Crippen molar-refractivity contribution in [2.45, 2.75) is 6.42 Å². The predicted molar refractivity (Wildman–Crippen MR) is 156 cm³/mol. The van der Waals surface area contributed by atoms with Crippen molar-refractivity contribution in [3.05, 3.63) is 127 Å². The van der Waals surface area contributed by atoms with E-state index in [1.807, 2.05) is 0 Å². The standard InChI is InChI=1S/C35H21N3/c1-2-9-21(10-3-1)33-32-24-12-5-4-11-22(24)19-29(32)36-35(37-33)23-17-18-26-28-15-8-14-27-25-13-6-7-16-30(25)38(34(27)28)31(26)20-23/h1-18,20H,19H2. The summed E-state index contributed by atoms with van der Waals surface area (Å²) in [6, 6.07) is 41.2. The van der Waals surface area contributed by atoms with Crippen molar-refractivity contribution >= 4 is 38.1 Å². The predicted octanol–water partition coefficient (Wildman–Crippen LogP) is 8.53. The van der Waals surface area contributed by atoms with E-state index >= 15 is 0 Å². The molecular formula is C35H21N3. The molecule has 0 fully saturated rings. The number of benzene rings is 5. The molecule has 0 unspecified atom stereocenters. The first kappa shape index (κ1) is 20.1. The summed E-state index contributed by atoms with van der Waals surface area (Å²) in [5.74, 6) is 0.780. The van der Waals surface area contributed by atoms with Gasteiger partial charge in [0.1, 0.15) is 0 Å². The summed E-state index contributed by atoms with van der Waals surface area (Å²) in [6.45, 7) is 0. The SMILES string of the molecule is c1ccc(-c2nc(-c3ccc4c5cccc6c7ccccc7n(c4c3)c65)nc3c2-c2ccccc2C3)cc1. The van der Waals surface area contributed by atoms with Crippen LogP contribution in [-0.2, 0) is 6.42 Å². The lowest BCUT2D eigenvalue weighted by atomic mass is 10.0. The van der Waals surface area contributed by atoms with Crippen LogP contribution in [0.1, 0.15) is 11.3 Å². The highest BCUT2D eigenvalue weighted by molar-refractivity contribution is 6.23. The summed E-state index contributed by atoms with van der Waals surface area (Å²) in [5, 5.41) is 5.14. The van der Waals surface area contributed by atoms with Gasteiger partial charge in [-0.15, -0.1) is 0 Å². The molecule has 0 saturated carbocycles. The molecule has 1 aliphatic rings. The minimum absolute atomic E-state index is 0.780. The van der Waals surface area contributed by atoms with E-state index in [0.29, 0.717) is 0 Å². The van der Waals surface area contributed by atoms with Crippen molar-refractivity contribution in [2.75, 3.05) is 0 Å². The van der Waals surface area contributed by atoms with E-state index in [1.165, 1.54) is 54.8 Å². The smallest absolute Gasteiger partial charge is 0.160 e. The van der Waals surface area contributed by atoms with Crippen LogP contribution >= 0.6 is 0 Å². The zero-order valence-corrected chi connectivity index (χ0v) is 20.5. The number of nitrogens with zero attached hydrogens (tertiary/aromatic N) is 3. The highest BCUT2D eigenvalue weighted by Crippen LogP contribution is 2.43. The summed E-state index contributed by atoms with van der Waals surface area (Å²) in [6.07, 6.45) is 0.833. The first-order valence-electron chi connectivity index (χ1n) is 13.1. The molecule has 0 saturated heterocycles. The van der Waals surface area contributed by atoms with Gasteiger partial charge in [-0.1, -0.05) is 103 Å². The maximum Gasteiger partial charge on any atom is 0.160 e. The molecule has 8 aromatic rings. The van der Waals surface area contributed by atoms with Crippen LogP contribution in [0.25, 0.3) is 71.9 Å². The Bertz CT molecular complexity index is 2210. The van der Waals surface area contributed by atoms with Gasteiger partial charge >= 0.3 is 0 Å². The number of hydrogen-bond donors (Lipinski definition) is 0. The van der Waals surface area contributed by atoms with Crippen LogP contribution in [0.3, 0.4) is 0 Å². The van der Waals surface area contributed by atoms with E-state index in [0.717, 1.165) is 34.8 Å². The van der Waals surface area contributed by atoms with Gasteiger partial charge < -0.3 is 4.40 Å². The summed E-state index contributed by atoms with van der Waals surface area (Å²) < 4.78 is 2.42. The van der Waals surface area contributed by atoms with Crippen molar-refractivity contribution in [3.63, 3.8) is 0 Å². The quantitative estimate of drug-likeness (QED) is 0.247. The van der Waals surface area contributed by atoms with Gasteiger partial charge in [0.15, 0.2) is 5.82 Å². The molecule has 0 radical (unpaired) electrons. The third-order valence-electron chi connectivity index (χ3n) is 8.16. The van der Waals surface area contributed by atoms with Crippen LogP contribution in [0, 0.1) is 0 Å². The lowest BCUT2D eigenvalue weighted by molar-refractivity contribution is 1.08. The Morgan fingerprint density at radius 1 is 0.553 bits per heavy atom. The molecule has 0 N–H and O–H groups in total. The number of rotatable bonds is 2. The van der Waals surface area contributed by atoms with Gasteiger partial charge in [0, 0.05) is 44.7 Å². The molecule has 176 valence electrons. The maximum atomic E-state index is 5.24. The zero-order valence-electron chi connectivity index (χ0n) is 20.5. The molecule has 3 nitrogen and oxygen atoms in total. The molecule has 38 heavy (non-hydrogen) atoms. The monoisotopic (exact) mass is 483 g/mol. The van der Waals surface area contributed by atoms with Crippen molar-refractivity contribution in [1.82, 2.24) is 14.4 Å². The van der Waals surface area contributed by atoms with Crippen LogP contribution < -0.4 is 0 Å². The van der Waals surface area contributed by atoms with Gasteiger partial charge in [-0.25, -0.2) is 9.97 Å². The molecule has 3 heterocycles. The van der Waals surface area contributed by atoms with E-state index < -0.39 is 0 Å². The number of hydrogen-bond acceptors (Lipinski definition) is 2. The Morgan fingerprint density at radius 2 is 1.29 bits per heavy atom. The first-order chi connectivity index (χ1) is 18.8. The summed E-state index contributed by atoms with van der Waals surface area (Å²) in [7, 11) is 0. The minimum atomic E-state index is 0.780. The van der Waals surface area contributed by atoms with E-state index in [2.05, 4.69) is 120 Å². The molecule has 3 heteroatoms. The van der Waals surface area contributed by atoms with Crippen LogP contribution in [-0.4, -0.2) is 14.4 Å². The van der Waals surface area contributed by atoms with Crippen molar-refractivity contribution in [1.29, 1.82) is 0 Å². The second-order valence-electron chi connectivity index (χ2n) is 10.2. The van der Waals surface area contributed by atoms with E-state index in [-0.39, 0.29) is 0 Å². The third-order valence-corrected chi connectivity index (χ3v) is 8.16. The molecular weight excluding hydrogens is 462 g/mol. The van der Waals surface area contributed by atoms with Crippen LogP contribution in [0.4, 0.5) is 0 Å². The van der Waals surface area contributed by atoms with E-state index in [4.69, 9.17) is 9.97 Å². The zero-order chi connectivity index (χ0) is 24.8. The van der Waals surface area contributed by atoms with E-state index in [1.54, 1.807) is 0 Å². The number of para-hydroxylation sites is 2. The van der Waals surface area contributed by atoms with Crippen molar-refractivity contribution in [3.8, 4) is 33.8 Å². The number of fused-ring (bicyclic) bond motifs is 9. The van der Waals surface area contributed by atoms with Gasteiger partial charge in [0.25, 0.3) is 0 Å². The molecule has 0 bridgehead atoms. The molecule has 0 aliphatic heterocycles.